The Morgan fingerprint density at radius 1 is 1.39 bits per heavy atom. The lowest BCUT2D eigenvalue weighted by atomic mass is 9.93. The van der Waals surface area contributed by atoms with E-state index in [0.717, 1.165) is 0 Å². The van der Waals surface area contributed by atoms with Gasteiger partial charge in [0.2, 0.25) is 0 Å². The van der Waals surface area contributed by atoms with Gasteiger partial charge < -0.3 is 14.7 Å². The first-order valence-corrected chi connectivity index (χ1v) is 7.63. The number of rotatable bonds is 4. The number of nitriles is 1. The van der Waals surface area contributed by atoms with Crippen molar-refractivity contribution in [3.63, 3.8) is 0 Å². The van der Waals surface area contributed by atoms with Crippen LogP contribution in [0.3, 0.4) is 0 Å². The number of likely N-dealkylation sites (tertiary alicyclic amines) is 1. The molecule has 6 heteroatoms. The van der Waals surface area contributed by atoms with Crippen LogP contribution in [-0.4, -0.2) is 40.6 Å². The molecule has 1 aliphatic rings. The van der Waals surface area contributed by atoms with E-state index in [2.05, 4.69) is 0 Å². The Balaban J connectivity index is 2.09. The van der Waals surface area contributed by atoms with Crippen LogP contribution in [0.5, 0.6) is 5.75 Å². The highest BCUT2D eigenvalue weighted by atomic mass is 16.5. The Hall–Kier alpha value is -2.55. The third-order valence-corrected chi connectivity index (χ3v) is 4.17. The van der Waals surface area contributed by atoms with E-state index < -0.39 is 18.0 Å². The minimum Gasteiger partial charge on any atom is -0.481 e. The molecule has 0 aromatic heterocycles. The molecule has 1 saturated heterocycles. The van der Waals surface area contributed by atoms with Crippen LogP contribution in [0.15, 0.2) is 24.3 Å². The molecule has 1 N–H and O–H groups in total. The molecule has 23 heavy (non-hydrogen) atoms. The highest BCUT2D eigenvalue weighted by molar-refractivity contribution is 5.82. The molecule has 0 bridgehead atoms. The van der Waals surface area contributed by atoms with Crippen molar-refractivity contribution in [2.75, 3.05) is 6.54 Å². The van der Waals surface area contributed by atoms with Crippen LogP contribution in [-0.2, 0) is 9.59 Å². The van der Waals surface area contributed by atoms with Crippen molar-refractivity contribution in [2.24, 2.45) is 5.92 Å². The van der Waals surface area contributed by atoms with Gasteiger partial charge in [-0.15, -0.1) is 0 Å². The van der Waals surface area contributed by atoms with Gasteiger partial charge >= 0.3 is 5.97 Å². The molecule has 0 radical (unpaired) electrons. The van der Waals surface area contributed by atoms with Crippen LogP contribution in [0, 0.1) is 17.2 Å². The fourth-order valence-electron chi connectivity index (χ4n) is 2.75. The van der Waals surface area contributed by atoms with Gasteiger partial charge in [0, 0.05) is 12.6 Å². The van der Waals surface area contributed by atoms with Crippen molar-refractivity contribution in [1.82, 2.24) is 4.90 Å². The molecule has 1 aromatic rings. The predicted octanol–water partition coefficient (Wildman–Crippen LogP) is 2.04. The number of carboxylic acids is 1. The normalized spacial score (nSPS) is 22.0. The lowest BCUT2D eigenvalue weighted by Gasteiger charge is -2.37. The monoisotopic (exact) mass is 316 g/mol. The summed E-state index contributed by atoms with van der Waals surface area (Å²) >= 11 is 0. The van der Waals surface area contributed by atoms with E-state index in [-0.39, 0.29) is 18.5 Å². The van der Waals surface area contributed by atoms with Gasteiger partial charge in [0.1, 0.15) is 11.8 Å². The van der Waals surface area contributed by atoms with Crippen molar-refractivity contribution >= 4 is 11.9 Å². The number of nitrogens with zero attached hydrogens (tertiary/aromatic N) is 2. The van der Waals surface area contributed by atoms with E-state index in [9.17, 15) is 9.59 Å². The van der Waals surface area contributed by atoms with Gasteiger partial charge in [-0.05, 0) is 38.8 Å². The molecule has 0 saturated carbocycles. The van der Waals surface area contributed by atoms with Crippen LogP contribution < -0.4 is 4.74 Å². The third kappa shape index (κ3) is 3.81. The quantitative estimate of drug-likeness (QED) is 0.918. The number of hydrogen-bond acceptors (Lipinski definition) is 4. The van der Waals surface area contributed by atoms with Crippen molar-refractivity contribution in [3.05, 3.63) is 29.8 Å². The second-order valence-corrected chi connectivity index (χ2v) is 5.82. The maximum absolute atomic E-state index is 12.6. The summed E-state index contributed by atoms with van der Waals surface area (Å²) in [4.78, 5) is 25.3. The molecule has 6 nitrogen and oxygen atoms in total. The van der Waals surface area contributed by atoms with E-state index in [0.29, 0.717) is 24.2 Å². The number of carbonyl (C=O) groups is 2. The molecule has 0 spiro atoms. The number of benzene rings is 1. The van der Waals surface area contributed by atoms with Crippen LogP contribution in [0.2, 0.25) is 0 Å². The summed E-state index contributed by atoms with van der Waals surface area (Å²) in [5, 5.41) is 18.2. The number of carbonyl (C=O) groups excluding carboxylic acids is 1. The first-order chi connectivity index (χ1) is 10.9. The van der Waals surface area contributed by atoms with Crippen LogP contribution in [0.1, 0.15) is 32.3 Å². The molecule has 1 heterocycles. The van der Waals surface area contributed by atoms with Crippen molar-refractivity contribution in [2.45, 2.75) is 38.8 Å². The number of amides is 1. The van der Waals surface area contributed by atoms with Crippen molar-refractivity contribution in [3.8, 4) is 11.8 Å². The smallest absolute Gasteiger partial charge is 0.308 e. The fourth-order valence-corrected chi connectivity index (χ4v) is 2.75. The van der Waals surface area contributed by atoms with E-state index >= 15 is 0 Å². The lowest BCUT2D eigenvalue weighted by Crippen LogP contribution is -2.51. The summed E-state index contributed by atoms with van der Waals surface area (Å²) in [6, 6.07) is 8.72. The van der Waals surface area contributed by atoms with Crippen LogP contribution in [0.4, 0.5) is 0 Å². The van der Waals surface area contributed by atoms with Gasteiger partial charge in [-0.3, -0.25) is 9.59 Å². The van der Waals surface area contributed by atoms with E-state index in [1.54, 1.807) is 36.1 Å². The third-order valence-electron chi connectivity index (χ3n) is 4.17. The Kier molecular flexibility index (Phi) is 5.22. The molecule has 3 atom stereocenters. The molecule has 1 fully saturated rings. The summed E-state index contributed by atoms with van der Waals surface area (Å²) in [5.41, 5.74) is 0.363. The average Bonchev–Trinajstić information content (AvgIpc) is 2.54. The van der Waals surface area contributed by atoms with E-state index in [1.807, 2.05) is 13.0 Å². The number of para-hydroxylation sites is 1. The highest BCUT2D eigenvalue weighted by Gasteiger charge is 2.35. The number of piperidine rings is 1. The Labute approximate surface area is 135 Å². The maximum atomic E-state index is 12.6. The van der Waals surface area contributed by atoms with Crippen LogP contribution in [0.25, 0.3) is 0 Å². The second-order valence-electron chi connectivity index (χ2n) is 5.82. The summed E-state index contributed by atoms with van der Waals surface area (Å²) in [6.07, 6.45) is 0.455. The summed E-state index contributed by atoms with van der Waals surface area (Å²) in [5.74, 6) is -1.31. The van der Waals surface area contributed by atoms with Gasteiger partial charge in [0.25, 0.3) is 5.91 Å². The molecular weight excluding hydrogens is 296 g/mol. The zero-order chi connectivity index (χ0) is 17.0. The minimum absolute atomic E-state index is 0.0182. The maximum Gasteiger partial charge on any atom is 0.308 e. The zero-order valence-corrected chi connectivity index (χ0v) is 13.2. The number of carboxylic acid groups (broad SMARTS) is 1. The van der Waals surface area contributed by atoms with Crippen molar-refractivity contribution < 1.29 is 19.4 Å². The van der Waals surface area contributed by atoms with E-state index in [4.69, 9.17) is 15.1 Å². The second kappa shape index (κ2) is 7.14. The van der Waals surface area contributed by atoms with Gasteiger partial charge in [-0.25, -0.2) is 0 Å². The summed E-state index contributed by atoms with van der Waals surface area (Å²) in [7, 11) is 0. The number of aliphatic carboxylic acids is 1. The Bertz CT molecular complexity index is 638. The fraction of sp³-hybridized carbons (Fsp3) is 0.471. The molecule has 2 rings (SSSR count). The standard InChI is InChI=1S/C17H20N2O4/c1-11-7-8-14(17(21)22)10-19(11)16(20)12(2)23-15-6-4-3-5-13(15)9-18/h3-6,11-12,14H,7-8,10H2,1-2H3,(H,21,22). The number of hydrogen-bond donors (Lipinski definition) is 1. The molecule has 0 aliphatic carbocycles. The summed E-state index contributed by atoms with van der Waals surface area (Å²) in [6.45, 7) is 3.72. The molecule has 3 unspecified atom stereocenters. The van der Waals surface area contributed by atoms with Gasteiger partial charge in [0.15, 0.2) is 6.10 Å². The van der Waals surface area contributed by atoms with Gasteiger partial charge in [-0.1, -0.05) is 12.1 Å². The number of ether oxygens (including phenoxy) is 1. The molecule has 1 aromatic carbocycles. The lowest BCUT2D eigenvalue weighted by molar-refractivity contribution is -0.149. The highest BCUT2D eigenvalue weighted by Crippen LogP contribution is 2.24. The minimum atomic E-state index is -0.877. The molecule has 1 amide bonds. The zero-order valence-electron chi connectivity index (χ0n) is 13.2. The largest absolute Gasteiger partial charge is 0.481 e. The Morgan fingerprint density at radius 2 is 2.09 bits per heavy atom. The topological polar surface area (TPSA) is 90.6 Å². The van der Waals surface area contributed by atoms with Gasteiger partial charge in [0.05, 0.1) is 11.5 Å². The average molecular weight is 316 g/mol. The van der Waals surface area contributed by atoms with Crippen molar-refractivity contribution in [1.29, 1.82) is 5.26 Å². The molecule has 122 valence electrons. The first kappa shape index (κ1) is 16.8. The molecule has 1 aliphatic heterocycles. The van der Waals surface area contributed by atoms with Gasteiger partial charge in [-0.2, -0.15) is 5.26 Å². The van der Waals surface area contributed by atoms with Crippen LogP contribution >= 0.6 is 0 Å². The van der Waals surface area contributed by atoms with E-state index in [1.165, 1.54) is 0 Å². The molecular formula is C17H20N2O4. The SMILES string of the molecule is CC(Oc1ccccc1C#N)C(=O)N1CC(C(=O)O)CCC1C. The first-order valence-electron chi connectivity index (χ1n) is 7.63. The Morgan fingerprint density at radius 3 is 2.74 bits per heavy atom. The predicted molar refractivity (Wildman–Crippen MR) is 82.8 cm³/mol. The summed E-state index contributed by atoms with van der Waals surface area (Å²) < 4.78 is 5.63.